The van der Waals surface area contributed by atoms with E-state index in [2.05, 4.69) is 10.6 Å². The average Bonchev–Trinajstić information content (AvgIpc) is 2.60. The number of benzene rings is 2. The maximum atomic E-state index is 12.4. The number of nitrogens with one attached hydrogen (secondary N) is 2. The Hall–Kier alpha value is -2.82. The van der Waals surface area contributed by atoms with Gasteiger partial charge in [-0.25, -0.2) is 0 Å². The van der Waals surface area contributed by atoms with Crippen molar-refractivity contribution in [2.75, 3.05) is 12.4 Å². The highest BCUT2D eigenvalue weighted by Crippen LogP contribution is 2.17. The van der Waals surface area contributed by atoms with Crippen LogP contribution in [0.1, 0.15) is 29.3 Å². The summed E-state index contributed by atoms with van der Waals surface area (Å²) in [7, 11) is 1.57. The van der Waals surface area contributed by atoms with Gasteiger partial charge in [-0.2, -0.15) is 0 Å². The Balaban J connectivity index is 2.06. The minimum absolute atomic E-state index is 0.200. The first kappa shape index (κ1) is 17.5. The number of hydrogen-bond acceptors (Lipinski definition) is 3. The Morgan fingerprint density at radius 2 is 1.83 bits per heavy atom. The van der Waals surface area contributed by atoms with Crippen molar-refractivity contribution in [2.45, 2.75) is 26.4 Å². The summed E-state index contributed by atoms with van der Waals surface area (Å²) in [6.07, 6.45) is -0.0640. The molecule has 0 radical (unpaired) electrons. The number of rotatable bonds is 6. The van der Waals surface area contributed by atoms with E-state index in [1.54, 1.807) is 31.3 Å². The highest BCUT2D eigenvalue weighted by Gasteiger charge is 2.19. The molecule has 0 saturated heterocycles. The Labute approximate surface area is 142 Å². The largest absolute Gasteiger partial charge is 0.481 e. The summed E-state index contributed by atoms with van der Waals surface area (Å²) in [5.74, 6) is 0.211. The van der Waals surface area contributed by atoms with Crippen LogP contribution in [-0.2, 0) is 4.79 Å². The van der Waals surface area contributed by atoms with E-state index in [4.69, 9.17) is 4.74 Å². The van der Waals surface area contributed by atoms with Gasteiger partial charge in [-0.05, 0) is 43.7 Å². The molecule has 0 aliphatic rings. The molecule has 0 spiro atoms. The third kappa shape index (κ3) is 4.59. The van der Waals surface area contributed by atoms with Gasteiger partial charge in [-0.1, -0.05) is 30.7 Å². The molecular formula is C19H22N2O3. The van der Waals surface area contributed by atoms with Gasteiger partial charge in [-0.3, -0.25) is 9.59 Å². The van der Waals surface area contributed by atoms with Crippen LogP contribution in [0.2, 0.25) is 0 Å². The molecule has 0 fully saturated rings. The predicted octanol–water partition coefficient (Wildman–Crippen LogP) is 3.15. The lowest BCUT2D eigenvalue weighted by atomic mass is 10.1. The van der Waals surface area contributed by atoms with E-state index in [9.17, 15) is 9.59 Å². The van der Waals surface area contributed by atoms with Gasteiger partial charge >= 0.3 is 0 Å². The van der Waals surface area contributed by atoms with E-state index in [1.165, 1.54) is 0 Å². The van der Waals surface area contributed by atoms with E-state index in [0.717, 1.165) is 5.56 Å². The third-order valence-electron chi connectivity index (χ3n) is 3.58. The molecule has 5 nitrogen and oxygen atoms in total. The molecule has 1 unspecified atom stereocenters. The normalized spacial score (nSPS) is 11.5. The van der Waals surface area contributed by atoms with Gasteiger partial charge in [0, 0.05) is 18.3 Å². The van der Waals surface area contributed by atoms with Crippen molar-refractivity contribution in [2.24, 2.45) is 0 Å². The molecule has 2 amide bonds. The predicted molar refractivity (Wildman–Crippen MR) is 94.3 cm³/mol. The van der Waals surface area contributed by atoms with Crippen molar-refractivity contribution in [3.63, 3.8) is 0 Å². The molecule has 0 aromatic heterocycles. The molecule has 2 aromatic carbocycles. The highest BCUT2D eigenvalue weighted by atomic mass is 16.5. The second-order valence-electron chi connectivity index (χ2n) is 5.48. The maximum absolute atomic E-state index is 12.4. The SMILES string of the molecule is CCC(Oc1ccc(C)cc1)C(=O)Nc1cccc(C(=O)NC)c1. The quantitative estimate of drug-likeness (QED) is 0.857. The van der Waals surface area contributed by atoms with Crippen LogP contribution in [0, 0.1) is 6.92 Å². The smallest absolute Gasteiger partial charge is 0.265 e. The number of ether oxygens (including phenoxy) is 1. The zero-order valence-corrected chi connectivity index (χ0v) is 14.1. The molecule has 0 aliphatic heterocycles. The maximum Gasteiger partial charge on any atom is 0.265 e. The van der Waals surface area contributed by atoms with Gasteiger partial charge in [-0.15, -0.1) is 0 Å². The summed E-state index contributed by atoms with van der Waals surface area (Å²) in [5, 5.41) is 5.36. The van der Waals surface area contributed by atoms with Crippen molar-refractivity contribution < 1.29 is 14.3 Å². The summed E-state index contributed by atoms with van der Waals surface area (Å²) in [6, 6.07) is 14.4. The van der Waals surface area contributed by atoms with Crippen LogP contribution in [0.25, 0.3) is 0 Å². The van der Waals surface area contributed by atoms with Crippen LogP contribution in [0.3, 0.4) is 0 Å². The molecule has 24 heavy (non-hydrogen) atoms. The average molecular weight is 326 g/mol. The van der Waals surface area contributed by atoms with Crippen molar-refractivity contribution in [3.8, 4) is 5.75 Å². The summed E-state index contributed by atoms with van der Waals surface area (Å²) >= 11 is 0. The Morgan fingerprint density at radius 3 is 2.46 bits per heavy atom. The highest BCUT2D eigenvalue weighted by molar-refractivity contribution is 5.98. The van der Waals surface area contributed by atoms with Crippen molar-refractivity contribution >= 4 is 17.5 Å². The minimum atomic E-state index is -0.601. The van der Waals surface area contributed by atoms with Crippen molar-refractivity contribution in [1.29, 1.82) is 0 Å². The van der Waals surface area contributed by atoms with E-state index < -0.39 is 6.10 Å². The number of anilines is 1. The Bertz CT molecular complexity index is 711. The van der Waals surface area contributed by atoms with Gasteiger partial charge in [0.1, 0.15) is 5.75 Å². The summed E-state index contributed by atoms with van der Waals surface area (Å²) < 4.78 is 5.76. The zero-order valence-electron chi connectivity index (χ0n) is 14.1. The monoisotopic (exact) mass is 326 g/mol. The van der Waals surface area contributed by atoms with Gasteiger partial charge in [0.2, 0.25) is 0 Å². The summed E-state index contributed by atoms with van der Waals surface area (Å²) in [4.78, 5) is 24.1. The first-order chi connectivity index (χ1) is 11.5. The standard InChI is InChI=1S/C19H22N2O3/c1-4-17(24-16-10-8-13(2)9-11-16)19(23)21-15-7-5-6-14(12-15)18(22)20-3/h5-12,17H,4H2,1-3H3,(H,20,22)(H,21,23). The number of amides is 2. The molecule has 0 bridgehead atoms. The Kier molecular flexibility index (Phi) is 5.95. The second kappa shape index (κ2) is 8.15. The van der Waals surface area contributed by atoms with Crippen LogP contribution in [0.5, 0.6) is 5.75 Å². The zero-order chi connectivity index (χ0) is 17.5. The molecule has 126 valence electrons. The molecule has 2 N–H and O–H groups in total. The van der Waals surface area contributed by atoms with Crippen molar-refractivity contribution in [1.82, 2.24) is 5.32 Å². The number of aryl methyl sites for hydroxylation is 1. The fraction of sp³-hybridized carbons (Fsp3) is 0.263. The molecular weight excluding hydrogens is 304 g/mol. The number of carbonyl (C=O) groups is 2. The van der Waals surface area contributed by atoms with Gasteiger partial charge < -0.3 is 15.4 Å². The molecule has 5 heteroatoms. The van der Waals surface area contributed by atoms with Crippen molar-refractivity contribution in [3.05, 3.63) is 59.7 Å². The van der Waals surface area contributed by atoms with Gasteiger partial charge in [0.25, 0.3) is 11.8 Å². The lowest BCUT2D eigenvalue weighted by molar-refractivity contribution is -0.122. The Morgan fingerprint density at radius 1 is 1.12 bits per heavy atom. The van der Waals surface area contributed by atoms with Crippen LogP contribution >= 0.6 is 0 Å². The van der Waals surface area contributed by atoms with Crippen LogP contribution in [0.4, 0.5) is 5.69 Å². The lowest BCUT2D eigenvalue weighted by Crippen LogP contribution is -2.32. The van der Waals surface area contributed by atoms with Crippen LogP contribution < -0.4 is 15.4 Å². The number of carbonyl (C=O) groups excluding carboxylic acids is 2. The lowest BCUT2D eigenvalue weighted by Gasteiger charge is -2.17. The molecule has 0 heterocycles. The van der Waals surface area contributed by atoms with Gasteiger partial charge in [0.15, 0.2) is 6.10 Å². The van der Waals surface area contributed by atoms with Crippen LogP contribution in [0.15, 0.2) is 48.5 Å². The van der Waals surface area contributed by atoms with E-state index in [1.807, 2.05) is 38.1 Å². The molecule has 2 aromatic rings. The first-order valence-corrected chi connectivity index (χ1v) is 7.89. The second-order valence-corrected chi connectivity index (χ2v) is 5.48. The summed E-state index contributed by atoms with van der Waals surface area (Å²) in [5.41, 5.74) is 2.18. The molecule has 0 saturated carbocycles. The molecule has 1 atom stereocenters. The van der Waals surface area contributed by atoms with Gasteiger partial charge in [0.05, 0.1) is 0 Å². The topological polar surface area (TPSA) is 67.4 Å². The first-order valence-electron chi connectivity index (χ1n) is 7.89. The third-order valence-corrected chi connectivity index (χ3v) is 3.58. The number of hydrogen-bond donors (Lipinski definition) is 2. The van der Waals surface area contributed by atoms with E-state index in [0.29, 0.717) is 23.4 Å². The molecule has 2 rings (SSSR count). The summed E-state index contributed by atoms with van der Waals surface area (Å²) in [6.45, 7) is 3.88. The van der Waals surface area contributed by atoms with E-state index >= 15 is 0 Å². The fourth-order valence-electron chi connectivity index (χ4n) is 2.21. The molecule has 0 aliphatic carbocycles. The van der Waals surface area contributed by atoms with E-state index in [-0.39, 0.29) is 11.8 Å². The minimum Gasteiger partial charge on any atom is -0.481 e. The van der Waals surface area contributed by atoms with Crippen LogP contribution in [-0.4, -0.2) is 25.0 Å². The fourth-order valence-corrected chi connectivity index (χ4v) is 2.21.